The third-order valence-corrected chi connectivity index (χ3v) is 6.69. The number of nitrogens with zero attached hydrogens (tertiary/aromatic N) is 2. The summed E-state index contributed by atoms with van der Waals surface area (Å²) in [6.07, 6.45) is 4.75. The maximum atomic E-state index is 13.3. The lowest BCUT2D eigenvalue weighted by atomic mass is 9.85. The highest BCUT2D eigenvalue weighted by Gasteiger charge is 2.30. The van der Waals surface area contributed by atoms with Crippen LogP contribution in [0, 0.1) is 5.92 Å². The van der Waals surface area contributed by atoms with Crippen molar-refractivity contribution in [2.24, 2.45) is 5.92 Å². The lowest BCUT2D eigenvalue weighted by Crippen LogP contribution is -2.35. The first kappa shape index (κ1) is 29.4. The van der Waals surface area contributed by atoms with Crippen LogP contribution in [0.4, 0.5) is 17.2 Å². The first-order valence-electron chi connectivity index (χ1n) is 12.0. The van der Waals surface area contributed by atoms with Gasteiger partial charge in [0, 0.05) is 36.3 Å². The zero-order chi connectivity index (χ0) is 26.5. The largest absolute Gasteiger partial charge is 0.449 e. The number of pyridine rings is 1. The van der Waals surface area contributed by atoms with Crippen molar-refractivity contribution in [3.05, 3.63) is 47.3 Å². The zero-order valence-corrected chi connectivity index (χ0v) is 22.9. The lowest BCUT2D eigenvalue weighted by Gasteiger charge is -2.31. The lowest BCUT2D eigenvalue weighted by molar-refractivity contribution is -0.121. The van der Waals surface area contributed by atoms with Crippen molar-refractivity contribution in [3.63, 3.8) is 0 Å². The fraction of sp³-hybridized carbons (Fsp3) is 0.385. The maximum absolute atomic E-state index is 13.3. The van der Waals surface area contributed by atoms with Crippen LogP contribution in [0.25, 0.3) is 11.0 Å². The summed E-state index contributed by atoms with van der Waals surface area (Å²) in [5, 5.41) is 9.27. The van der Waals surface area contributed by atoms with Crippen LogP contribution in [0.2, 0.25) is 5.02 Å². The van der Waals surface area contributed by atoms with Gasteiger partial charge in [-0.05, 0) is 70.1 Å². The quantitative estimate of drug-likeness (QED) is 0.359. The molecule has 0 saturated heterocycles. The van der Waals surface area contributed by atoms with Crippen LogP contribution in [0.1, 0.15) is 36.2 Å². The Morgan fingerprint density at radius 1 is 1.08 bits per heavy atom. The first-order valence-corrected chi connectivity index (χ1v) is 12.4. The van der Waals surface area contributed by atoms with Crippen LogP contribution in [0.15, 0.2) is 40.9 Å². The van der Waals surface area contributed by atoms with Crippen LogP contribution in [-0.2, 0) is 14.3 Å². The second-order valence-electron chi connectivity index (χ2n) is 9.27. The predicted octanol–water partition coefficient (Wildman–Crippen LogP) is 4.80. The summed E-state index contributed by atoms with van der Waals surface area (Å²) < 4.78 is 10.7. The van der Waals surface area contributed by atoms with Crippen molar-refractivity contribution in [1.82, 2.24) is 9.88 Å². The SMILES string of the molecule is COCC(=O)Nc1ccc2oc(C(=O)Nc3ccc(Cl)cn3)c(NC(=O)C3CCC(N(C)C)CC3)c2c1.Cl. The van der Waals surface area contributed by atoms with Crippen LogP contribution >= 0.6 is 24.0 Å². The molecule has 2 heterocycles. The number of hydrogen-bond donors (Lipinski definition) is 3. The number of nitrogens with one attached hydrogen (secondary N) is 3. The minimum atomic E-state index is -0.581. The molecule has 0 bridgehead atoms. The highest BCUT2D eigenvalue weighted by molar-refractivity contribution is 6.30. The number of rotatable bonds is 8. The van der Waals surface area contributed by atoms with Crippen LogP contribution in [0.5, 0.6) is 0 Å². The van der Waals surface area contributed by atoms with Crippen molar-refractivity contribution in [2.75, 3.05) is 43.8 Å². The van der Waals surface area contributed by atoms with Gasteiger partial charge < -0.3 is 30.0 Å². The van der Waals surface area contributed by atoms with Crippen molar-refractivity contribution in [1.29, 1.82) is 0 Å². The van der Waals surface area contributed by atoms with Gasteiger partial charge in [0.1, 0.15) is 23.7 Å². The van der Waals surface area contributed by atoms with E-state index in [-0.39, 0.29) is 54.0 Å². The minimum absolute atomic E-state index is 0. The minimum Gasteiger partial charge on any atom is -0.449 e. The Morgan fingerprint density at radius 3 is 2.45 bits per heavy atom. The summed E-state index contributed by atoms with van der Waals surface area (Å²) in [5.41, 5.74) is 1.10. The second kappa shape index (κ2) is 13.1. The van der Waals surface area contributed by atoms with Gasteiger partial charge in [-0.1, -0.05) is 11.6 Å². The molecule has 3 N–H and O–H groups in total. The van der Waals surface area contributed by atoms with E-state index in [1.807, 2.05) is 14.1 Å². The Labute approximate surface area is 231 Å². The Hall–Kier alpha value is -3.18. The van der Waals surface area contributed by atoms with E-state index < -0.39 is 5.91 Å². The average molecular weight is 564 g/mol. The van der Waals surface area contributed by atoms with Gasteiger partial charge in [0.2, 0.25) is 17.6 Å². The van der Waals surface area contributed by atoms with Crippen molar-refractivity contribution in [3.8, 4) is 0 Å². The van der Waals surface area contributed by atoms with E-state index in [9.17, 15) is 14.4 Å². The topological polar surface area (TPSA) is 126 Å². The first-order chi connectivity index (χ1) is 17.7. The molecule has 12 heteroatoms. The van der Waals surface area contributed by atoms with E-state index in [4.69, 9.17) is 20.8 Å². The summed E-state index contributed by atoms with van der Waals surface area (Å²) in [6, 6.07) is 8.55. The van der Waals surface area contributed by atoms with Crippen molar-refractivity contribution >= 4 is 69.9 Å². The maximum Gasteiger partial charge on any atom is 0.294 e. The molecule has 0 aliphatic heterocycles. The number of carbonyl (C=O) groups is 3. The monoisotopic (exact) mass is 563 g/mol. The number of furan rings is 1. The molecule has 1 aliphatic carbocycles. The number of amides is 3. The molecule has 1 fully saturated rings. The van der Waals surface area contributed by atoms with Gasteiger partial charge in [-0.3, -0.25) is 14.4 Å². The zero-order valence-electron chi connectivity index (χ0n) is 21.4. The molecule has 4 rings (SSSR count). The molecule has 0 spiro atoms. The molecule has 204 valence electrons. The van der Waals surface area contributed by atoms with Gasteiger partial charge in [0.05, 0.1) is 5.02 Å². The summed E-state index contributed by atoms with van der Waals surface area (Å²) in [7, 11) is 5.52. The Balaban J connectivity index is 0.00000400. The Kier molecular flexibility index (Phi) is 10.1. The van der Waals surface area contributed by atoms with Crippen LogP contribution in [-0.4, -0.2) is 61.5 Å². The Bertz CT molecular complexity index is 1290. The standard InChI is InChI=1S/C26H30ClN5O5.ClH/c1-32(2)18-8-4-15(5-9-18)25(34)31-23-19-12-17(29-22(33)14-36-3)7-10-20(19)37-24(23)26(35)30-21-11-6-16(27)13-28-21;/h6-7,10-13,15,18H,4-5,8-9,14H2,1-3H3,(H,29,33)(H,31,34)(H,28,30,35);1H. The van der Waals surface area contributed by atoms with Gasteiger partial charge in [0.25, 0.3) is 5.91 Å². The molecule has 3 aromatic rings. The van der Waals surface area contributed by atoms with E-state index >= 15 is 0 Å². The highest BCUT2D eigenvalue weighted by Crippen LogP contribution is 2.35. The Morgan fingerprint density at radius 2 is 1.82 bits per heavy atom. The molecule has 38 heavy (non-hydrogen) atoms. The van der Waals surface area contributed by atoms with Gasteiger partial charge in [-0.25, -0.2) is 4.98 Å². The number of halogens is 2. The number of hydrogen-bond acceptors (Lipinski definition) is 7. The second-order valence-corrected chi connectivity index (χ2v) is 9.71. The van der Waals surface area contributed by atoms with Gasteiger partial charge >= 0.3 is 0 Å². The molecular weight excluding hydrogens is 533 g/mol. The number of methoxy groups -OCH3 is 1. The van der Waals surface area contributed by atoms with Gasteiger partial charge in [0.15, 0.2) is 0 Å². The number of carbonyl (C=O) groups excluding carboxylic acids is 3. The molecule has 10 nitrogen and oxygen atoms in total. The molecular formula is C26H31Cl2N5O5. The summed E-state index contributed by atoms with van der Waals surface area (Å²) in [6.45, 7) is -0.107. The molecule has 0 atom stereocenters. The smallest absolute Gasteiger partial charge is 0.294 e. The number of benzene rings is 1. The van der Waals surface area contributed by atoms with E-state index in [1.54, 1.807) is 30.3 Å². The molecule has 0 unspecified atom stereocenters. The average Bonchev–Trinajstić information content (AvgIpc) is 3.23. The number of aromatic nitrogens is 1. The van der Waals surface area contributed by atoms with Crippen LogP contribution in [0.3, 0.4) is 0 Å². The van der Waals surface area contributed by atoms with E-state index in [2.05, 4.69) is 25.8 Å². The number of anilines is 3. The molecule has 1 aromatic carbocycles. The fourth-order valence-corrected chi connectivity index (χ4v) is 4.60. The van der Waals surface area contributed by atoms with E-state index in [1.165, 1.54) is 13.3 Å². The molecule has 1 aliphatic rings. The van der Waals surface area contributed by atoms with Crippen molar-refractivity contribution in [2.45, 2.75) is 31.7 Å². The fourth-order valence-electron chi connectivity index (χ4n) is 4.49. The third kappa shape index (κ3) is 7.02. The van der Waals surface area contributed by atoms with E-state index in [0.29, 0.717) is 27.7 Å². The predicted molar refractivity (Wildman–Crippen MR) is 149 cm³/mol. The number of fused-ring (bicyclic) bond motifs is 1. The van der Waals surface area contributed by atoms with Gasteiger partial charge in [-0.15, -0.1) is 12.4 Å². The van der Waals surface area contributed by atoms with Crippen molar-refractivity contribution < 1.29 is 23.5 Å². The van der Waals surface area contributed by atoms with E-state index in [0.717, 1.165) is 25.7 Å². The molecule has 2 aromatic heterocycles. The molecule has 1 saturated carbocycles. The summed E-state index contributed by atoms with van der Waals surface area (Å²) >= 11 is 5.89. The summed E-state index contributed by atoms with van der Waals surface area (Å²) in [5.74, 6) is -1.06. The van der Waals surface area contributed by atoms with Crippen LogP contribution < -0.4 is 16.0 Å². The van der Waals surface area contributed by atoms with Gasteiger partial charge in [-0.2, -0.15) is 0 Å². The summed E-state index contributed by atoms with van der Waals surface area (Å²) in [4.78, 5) is 44.8. The highest BCUT2D eigenvalue weighted by atomic mass is 35.5. The number of ether oxygens (including phenoxy) is 1. The molecule has 0 radical (unpaired) electrons. The molecule has 3 amide bonds. The normalized spacial score (nSPS) is 17.1. The third-order valence-electron chi connectivity index (χ3n) is 6.47.